The van der Waals surface area contributed by atoms with E-state index in [1.54, 1.807) is 24.3 Å². The maximum atomic E-state index is 13.1. The van der Waals surface area contributed by atoms with E-state index in [0.717, 1.165) is 10.0 Å². The molecule has 0 spiro atoms. The molecule has 0 radical (unpaired) electrons. The van der Waals surface area contributed by atoms with E-state index in [4.69, 9.17) is 0 Å². The van der Waals surface area contributed by atoms with Crippen LogP contribution < -0.4 is 5.32 Å². The van der Waals surface area contributed by atoms with Crippen molar-refractivity contribution in [2.75, 3.05) is 0 Å². The summed E-state index contributed by atoms with van der Waals surface area (Å²) in [6, 6.07) is 11.9. The molecule has 0 aliphatic heterocycles. The van der Waals surface area contributed by atoms with Gasteiger partial charge in [0.1, 0.15) is 11.9 Å². The zero-order chi connectivity index (χ0) is 16.8. The molecule has 1 atom stereocenters. The van der Waals surface area contributed by atoms with Gasteiger partial charge < -0.3 is 10.4 Å². The Labute approximate surface area is 141 Å². The largest absolute Gasteiger partial charge is 0.480 e. The average molecular weight is 380 g/mol. The van der Waals surface area contributed by atoms with Gasteiger partial charge in [0.25, 0.3) is 0 Å². The first kappa shape index (κ1) is 17.1. The van der Waals surface area contributed by atoms with Gasteiger partial charge in [-0.3, -0.25) is 4.79 Å². The Kier molecular flexibility index (Phi) is 5.87. The fraction of sp³-hybridized carbons (Fsp3) is 0.176. The standard InChI is InChI=1S/C17H15BrFNO3/c18-13-5-1-3-11(7-13)9-15(17(22)23)20-16(21)10-12-4-2-6-14(19)8-12/h1-8,15H,9-10H2,(H,20,21)(H,22,23)/t15-/m1/s1. The lowest BCUT2D eigenvalue weighted by Crippen LogP contribution is -2.43. The van der Waals surface area contributed by atoms with Crippen molar-refractivity contribution in [3.63, 3.8) is 0 Å². The summed E-state index contributed by atoms with van der Waals surface area (Å²) in [6.45, 7) is 0. The molecule has 0 aliphatic rings. The fourth-order valence-electron chi connectivity index (χ4n) is 2.18. The van der Waals surface area contributed by atoms with E-state index in [1.165, 1.54) is 18.2 Å². The van der Waals surface area contributed by atoms with E-state index in [1.807, 2.05) is 6.07 Å². The lowest BCUT2D eigenvalue weighted by atomic mass is 10.1. The minimum absolute atomic E-state index is 0.0694. The minimum atomic E-state index is -1.11. The Balaban J connectivity index is 2.01. The predicted octanol–water partition coefficient (Wildman–Crippen LogP) is 2.94. The average Bonchev–Trinajstić information content (AvgIpc) is 2.46. The molecule has 2 aromatic rings. The van der Waals surface area contributed by atoms with Crippen molar-refractivity contribution in [2.45, 2.75) is 18.9 Å². The van der Waals surface area contributed by atoms with Gasteiger partial charge in [-0.05, 0) is 35.4 Å². The predicted molar refractivity (Wildman–Crippen MR) is 87.5 cm³/mol. The second-order valence-electron chi connectivity index (χ2n) is 5.10. The third kappa shape index (κ3) is 5.49. The third-order valence-corrected chi connectivity index (χ3v) is 3.71. The topological polar surface area (TPSA) is 66.4 Å². The molecule has 120 valence electrons. The Morgan fingerprint density at radius 3 is 2.48 bits per heavy atom. The van der Waals surface area contributed by atoms with Crippen LogP contribution in [0.1, 0.15) is 11.1 Å². The van der Waals surface area contributed by atoms with Gasteiger partial charge in [-0.2, -0.15) is 0 Å². The first-order valence-electron chi connectivity index (χ1n) is 6.95. The Morgan fingerprint density at radius 1 is 1.13 bits per heavy atom. The summed E-state index contributed by atoms with van der Waals surface area (Å²) in [5.41, 5.74) is 1.28. The van der Waals surface area contributed by atoms with Gasteiger partial charge in [0.05, 0.1) is 6.42 Å². The van der Waals surface area contributed by atoms with Crippen LogP contribution in [0.2, 0.25) is 0 Å². The summed E-state index contributed by atoms with van der Waals surface area (Å²) in [6.07, 6.45) is 0.101. The van der Waals surface area contributed by atoms with Crippen molar-refractivity contribution in [3.05, 3.63) is 69.9 Å². The zero-order valence-electron chi connectivity index (χ0n) is 12.1. The van der Waals surface area contributed by atoms with Gasteiger partial charge >= 0.3 is 5.97 Å². The quantitative estimate of drug-likeness (QED) is 0.810. The molecule has 0 aromatic heterocycles. The highest BCUT2D eigenvalue weighted by Gasteiger charge is 2.20. The summed E-state index contributed by atoms with van der Waals surface area (Å²) in [5.74, 6) is -2.00. The third-order valence-electron chi connectivity index (χ3n) is 3.22. The van der Waals surface area contributed by atoms with E-state index in [-0.39, 0.29) is 12.8 Å². The number of carboxylic acid groups (broad SMARTS) is 1. The summed E-state index contributed by atoms with van der Waals surface area (Å²) in [4.78, 5) is 23.3. The molecule has 0 saturated heterocycles. The summed E-state index contributed by atoms with van der Waals surface area (Å²) < 4.78 is 13.9. The molecule has 0 heterocycles. The van der Waals surface area contributed by atoms with Crippen molar-refractivity contribution in [2.24, 2.45) is 0 Å². The molecule has 6 heteroatoms. The van der Waals surface area contributed by atoms with Crippen LogP contribution in [-0.4, -0.2) is 23.0 Å². The number of aliphatic carboxylic acids is 1. The molecule has 0 unspecified atom stereocenters. The number of amides is 1. The second-order valence-corrected chi connectivity index (χ2v) is 6.01. The van der Waals surface area contributed by atoms with E-state index in [0.29, 0.717) is 5.56 Å². The minimum Gasteiger partial charge on any atom is -0.480 e. The number of benzene rings is 2. The van der Waals surface area contributed by atoms with Crippen molar-refractivity contribution in [1.82, 2.24) is 5.32 Å². The van der Waals surface area contributed by atoms with Crippen LogP contribution in [-0.2, 0) is 22.4 Å². The first-order valence-corrected chi connectivity index (χ1v) is 7.74. The number of rotatable bonds is 6. The molecule has 0 fully saturated rings. The normalized spacial score (nSPS) is 11.7. The van der Waals surface area contributed by atoms with E-state index < -0.39 is 23.7 Å². The van der Waals surface area contributed by atoms with Gasteiger partial charge in [-0.1, -0.05) is 40.2 Å². The Hall–Kier alpha value is -2.21. The number of carbonyl (C=O) groups excluding carboxylic acids is 1. The monoisotopic (exact) mass is 379 g/mol. The van der Waals surface area contributed by atoms with Gasteiger partial charge in [0.2, 0.25) is 5.91 Å². The molecule has 0 aliphatic carbocycles. The van der Waals surface area contributed by atoms with E-state index >= 15 is 0 Å². The molecule has 0 saturated carbocycles. The van der Waals surface area contributed by atoms with Crippen molar-refractivity contribution >= 4 is 27.8 Å². The van der Waals surface area contributed by atoms with Crippen molar-refractivity contribution in [3.8, 4) is 0 Å². The lowest BCUT2D eigenvalue weighted by Gasteiger charge is -2.15. The highest BCUT2D eigenvalue weighted by molar-refractivity contribution is 9.10. The van der Waals surface area contributed by atoms with Crippen molar-refractivity contribution < 1.29 is 19.1 Å². The molecular formula is C17H15BrFNO3. The number of carboxylic acids is 1. The molecule has 1 amide bonds. The molecule has 0 bridgehead atoms. The first-order chi connectivity index (χ1) is 10.9. The molecule has 2 rings (SSSR count). The van der Waals surface area contributed by atoms with Crippen LogP contribution >= 0.6 is 15.9 Å². The highest BCUT2D eigenvalue weighted by Crippen LogP contribution is 2.13. The van der Waals surface area contributed by atoms with E-state index in [2.05, 4.69) is 21.2 Å². The number of halogens is 2. The maximum absolute atomic E-state index is 13.1. The second kappa shape index (κ2) is 7.87. The van der Waals surface area contributed by atoms with Crippen LogP contribution in [0.4, 0.5) is 4.39 Å². The highest BCUT2D eigenvalue weighted by atomic mass is 79.9. The SMILES string of the molecule is O=C(Cc1cccc(F)c1)N[C@H](Cc1cccc(Br)c1)C(=O)O. The van der Waals surface area contributed by atoms with Gasteiger partial charge in [-0.25, -0.2) is 9.18 Å². The van der Waals surface area contributed by atoms with E-state index in [9.17, 15) is 19.1 Å². The Bertz CT molecular complexity index is 720. The number of carbonyl (C=O) groups is 2. The number of nitrogens with one attached hydrogen (secondary N) is 1. The molecule has 2 aromatic carbocycles. The molecular weight excluding hydrogens is 365 g/mol. The smallest absolute Gasteiger partial charge is 0.326 e. The fourth-order valence-corrected chi connectivity index (χ4v) is 2.62. The van der Waals surface area contributed by atoms with Crippen LogP contribution in [0.25, 0.3) is 0 Å². The Morgan fingerprint density at radius 2 is 1.83 bits per heavy atom. The van der Waals surface area contributed by atoms with Crippen LogP contribution in [0.5, 0.6) is 0 Å². The molecule has 23 heavy (non-hydrogen) atoms. The van der Waals surface area contributed by atoms with Crippen LogP contribution in [0, 0.1) is 5.82 Å². The van der Waals surface area contributed by atoms with Gasteiger partial charge in [-0.15, -0.1) is 0 Å². The lowest BCUT2D eigenvalue weighted by molar-refractivity contribution is -0.141. The number of hydrogen-bond acceptors (Lipinski definition) is 2. The summed E-state index contributed by atoms with van der Waals surface area (Å²) in [5, 5.41) is 11.8. The summed E-state index contributed by atoms with van der Waals surface area (Å²) >= 11 is 3.32. The molecule has 4 nitrogen and oxygen atoms in total. The summed E-state index contributed by atoms with van der Waals surface area (Å²) in [7, 11) is 0. The van der Waals surface area contributed by atoms with Crippen LogP contribution in [0.3, 0.4) is 0 Å². The van der Waals surface area contributed by atoms with Crippen molar-refractivity contribution in [1.29, 1.82) is 0 Å². The van der Waals surface area contributed by atoms with Gasteiger partial charge in [0, 0.05) is 10.9 Å². The maximum Gasteiger partial charge on any atom is 0.326 e. The zero-order valence-corrected chi connectivity index (χ0v) is 13.7. The van der Waals surface area contributed by atoms with Gasteiger partial charge in [0.15, 0.2) is 0 Å². The number of hydrogen-bond donors (Lipinski definition) is 2. The molecule has 2 N–H and O–H groups in total. The van der Waals surface area contributed by atoms with Crippen LogP contribution in [0.15, 0.2) is 53.0 Å².